The summed E-state index contributed by atoms with van der Waals surface area (Å²) in [6.45, 7) is 1.73. The second kappa shape index (κ2) is 5.08. The third-order valence-electron chi connectivity index (χ3n) is 3.44. The topological polar surface area (TPSA) is 55.1 Å². The molecule has 0 radical (unpaired) electrons. The first kappa shape index (κ1) is 12.4. The smallest absolute Gasteiger partial charge is 0.256 e. The Morgan fingerprint density at radius 2 is 2.24 bits per heavy atom. The summed E-state index contributed by atoms with van der Waals surface area (Å²) in [5, 5.41) is 6.67. The van der Waals surface area contributed by atoms with Gasteiger partial charge < -0.3 is 9.84 Å². The van der Waals surface area contributed by atoms with E-state index in [9.17, 15) is 4.79 Å². The minimum atomic E-state index is -0.249. The largest absolute Gasteiger partial charge is 0.361 e. The van der Waals surface area contributed by atoms with Crippen LogP contribution in [-0.2, 0) is 0 Å². The maximum atomic E-state index is 12.1. The Balaban J connectivity index is 2.08. The lowest BCUT2D eigenvalue weighted by molar-refractivity contribution is 0.0883. The van der Waals surface area contributed by atoms with Crippen LogP contribution in [0.1, 0.15) is 48.2 Å². The molecular formula is C12H17ClN2O2. The molecule has 94 valence electrons. The molecule has 1 aliphatic rings. The van der Waals surface area contributed by atoms with E-state index in [1.807, 2.05) is 0 Å². The Hall–Kier alpha value is -1.03. The molecule has 2 rings (SSSR count). The van der Waals surface area contributed by atoms with Gasteiger partial charge in [-0.05, 0) is 19.8 Å². The summed E-state index contributed by atoms with van der Waals surface area (Å²) in [5.74, 6) is 0.873. The third kappa shape index (κ3) is 2.63. The number of carbonyl (C=O) groups is 1. The van der Waals surface area contributed by atoms with Crippen LogP contribution < -0.4 is 5.32 Å². The first-order valence-corrected chi connectivity index (χ1v) is 6.50. The average molecular weight is 257 g/mol. The zero-order valence-corrected chi connectivity index (χ0v) is 10.7. The maximum Gasteiger partial charge on any atom is 0.256 e. The molecule has 0 aliphatic heterocycles. The van der Waals surface area contributed by atoms with Gasteiger partial charge in [0.15, 0.2) is 0 Å². The molecule has 1 heterocycles. The first-order valence-electron chi connectivity index (χ1n) is 5.97. The van der Waals surface area contributed by atoms with E-state index in [4.69, 9.17) is 16.1 Å². The highest BCUT2D eigenvalue weighted by molar-refractivity contribution is 6.19. The monoisotopic (exact) mass is 256 g/mol. The van der Waals surface area contributed by atoms with Crippen LogP contribution >= 0.6 is 11.6 Å². The number of alkyl halides is 1. The van der Waals surface area contributed by atoms with Gasteiger partial charge in [-0.1, -0.05) is 24.4 Å². The summed E-state index contributed by atoms with van der Waals surface area (Å²) in [6.07, 6.45) is 6.82. The third-order valence-corrected chi connectivity index (χ3v) is 3.95. The van der Waals surface area contributed by atoms with Gasteiger partial charge in [0.1, 0.15) is 11.3 Å². The summed E-state index contributed by atoms with van der Waals surface area (Å²) in [6, 6.07) is 0. The molecule has 0 atom stereocenters. The molecule has 0 bridgehead atoms. The number of rotatable bonds is 3. The van der Waals surface area contributed by atoms with Gasteiger partial charge in [-0.3, -0.25) is 4.79 Å². The highest BCUT2D eigenvalue weighted by atomic mass is 35.5. The van der Waals surface area contributed by atoms with Gasteiger partial charge in [0.25, 0.3) is 5.91 Å². The van der Waals surface area contributed by atoms with Crippen molar-refractivity contribution < 1.29 is 9.32 Å². The van der Waals surface area contributed by atoms with Crippen molar-refractivity contribution in [1.82, 2.24) is 10.5 Å². The predicted octanol–water partition coefficient (Wildman–Crippen LogP) is 2.65. The lowest BCUT2D eigenvalue weighted by Gasteiger charge is -2.36. The molecule has 1 amide bonds. The van der Waals surface area contributed by atoms with Crippen molar-refractivity contribution in [3.05, 3.63) is 17.5 Å². The van der Waals surface area contributed by atoms with E-state index in [0.29, 0.717) is 17.2 Å². The van der Waals surface area contributed by atoms with Crippen molar-refractivity contribution in [2.24, 2.45) is 0 Å². The number of carbonyl (C=O) groups excluding carboxylic acids is 1. The molecular weight excluding hydrogens is 240 g/mol. The normalized spacial score (nSPS) is 18.9. The highest BCUT2D eigenvalue weighted by Gasteiger charge is 2.33. The average Bonchev–Trinajstić information content (AvgIpc) is 2.77. The van der Waals surface area contributed by atoms with E-state index < -0.39 is 0 Å². The molecule has 17 heavy (non-hydrogen) atoms. The summed E-state index contributed by atoms with van der Waals surface area (Å²) >= 11 is 6.03. The summed E-state index contributed by atoms with van der Waals surface area (Å²) < 4.78 is 4.90. The Morgan fingerprint density at radius 1 is 1.53 bits per heavy atom. The molecule has 0 aromatic carbocycles. The Bertz CT molecular complexity index is 397. The van der Waals surface area contributed by atoms with Crippen molar-refractivity contribution >= 4 is 17.5 Å². The van der Waals surface area contributed by atoms with Crippen LogP contribution in [0.25, 0.3) is 0 Å². The fraction of sp³-hybridized carbons (Fsp3) is 0.667. The van der Waals surface area contributed by atoms with Crippen molar-refractivity contribution in [3.8, 4) is 0 Å². The van der Waals surface area contributed by atoms with Crippen LogP contribution in [0.15, 0.2) is 10.7 Å². The van der Waals surface area contributed by atoms with Gasteiger partial charge in [0.2, 0.25) is 0 Å². The molecule has 1 fully saturated rings. The molecule has 5 heteroatoms. The maximum absolute atomic E-state index is 12.1. The van der Waals surface area contributed by atoms with Gasteiger partial charge in [0.05, 0.1) is 11.7 Å². The lowest BCUT2D eigenvalue weighted by atomic mass is 9.83. The summed E-state index contributed by atoms with van der Waals surface area (Å²) in [7, 11) is 0. The second-order valence-electron chi connectivity index (χ2n) is 4.72. The molecule has 0 unspecified atom stereocenters. The summed E-state index contributed by atoms with van der Waals surface area (Å²) in [5.41, 5.74) is 0.251. The number of hydrogen-bond acceptors (Lipinski definition) is 3. The minimum Gasteiger partial charge on any atom is -0.361 e. The number of amides is 1. The number of aromatic nitrogens is 1. The highest BCUT2D eigenvalue weighted by Crippen LogP contribution is 2.29. The van der Waals surface area contributed by atoms with Crippen molar-refractivity contribution in [3.63, 3.8) is 0 Å². The van der Waals surface area contributed by atoms with E-state index in [0.717, 1.165) is 25.7 Å². The Kier molecular flexibility index (Phi) is 3.72. The molecule has 1 aromatic heterocycles. The lowest BCUT2D eigenvalue weighted by Crippen LogP contribution is -2.51. The SMILES string of the molecule is Cc1oncc1C(=O)NC1(CCl)CCCCC1. The number of nitrogens with one attached hydrogen (secondary N) is 1. The second-order valence-corrected chi connectivity index (χ2v) is 4.99. The number of nitrogens with zero attached hydrogens (tertiary/aromatic N) is 1. The van der Waals surface area contributed by atoms with Gasteiger partial charge in [-0.25, -0.2) is 0 Å². The fourth-order valence-electron chi connectivity index (χ4n) is 2.35. The molecule has 1 saturated carbocycles. The first-order chi connectivity index (χ1) is 8.17. The van der Waals surface area contributed by atoms with Gasteiger partial charge in [-0.2, -0.15) is 0 Å². The van der Waals surface area contributed by atoms with E-state index in [2.05, 4.69) is 10.5 Å². The van der Waals surface area contributed by atoms with Crippen LogP contribution in [-0.4, -0.2) is 22.5 Å². The van der Waals surface area contributed by atoms with Crippen molar-refractivity contribution in [2.75, 3.05) is 5.88 Å². The Labute approximate surface area is 106 Å². The van der Waals surface area contributed by atoms with Crippen LogP contribution in [0.5, 0.6) is 0 Å². The predicted molar refractivity (Wildman–Crippen MR) is 65.2 cm³/mol. The molecule has 0 spiro atoms. The quantitative estimate of drug-likeness (QED) is 0.846. The van der Waals surface area contributed by atoms with E-state index in [1.165, 1.54) is 12.6 Å². The molecule has 1 aliphatic carbocycles. The number of halogens is 1. The molecule has 4 nitrogen and oxygen atoms in total. The van der Waals surface area contributed by atoms with Crippen LogP contribution in [0.4, 0.5) is 0 Å². The minimum absolute atomic E-state index is 0.133. The summed E-state index contributed by atoms with van der Waals surface area (Å²) in [4.78, 5) is 12.1. The van der Waals surface area contributed by atoms with Gasteiger partial charge >= 0.3 is 0 Å². The fourth-order valence-corrected chi connectivity index (χ4v) is 2.68. The number of aryl methyl sites for hydroxylation is 1. The van der Waals surface area contributed by atoms with Crippen LogP contribution in [0.3, 0.4) is 0 Å². The van der Waals surface area contributed by atoms with Gasteiger partial charge in [-0.15, -0.1) is 11.6 Å². The molecule has 0 saturated heterocycles. The zero-order valence-electron chi connectivity index (χ0n) is 9.96. The zero-order chi connectivity index (χ0) is 12.3. The van der Waals surface area contributed by atoms with Crippen LogP contribution in [0.2, 0.25) is 0 Å². The standard InChI is InChI=1S/C12H17ClN2O2/c1-9-10(7-14-17-9)11(16)15-12(8-13)5-3-2-4-6-12/h7H,2-6,8H2,1H3,(H,15,16). The molecule has 1 aromatic rings. The Morgan fingerprint density at radius 3 is 2.76 bits per heavy atom. The van der Waals surface area contributed by atoms with Crippen molar-refractivity contribution in [1.29, 1.82) is 0 Å². The van der Waals surface area contributed by atoms with Crippen molar-refractivity contribution in [2.45, 2.75) is 44.6 Å². The van der Waals surface area contributed by atoms with Crippen LogP contribution in [0, 0.1) is 6.92 Å². The molecule has 1 N–H and O–H groups in total. The van der Waals surface area contributed by atoms with E-state index in [1.54, 1.807) is 6.92 Å². The number of hydrogen-bond donors (Lipinski definition) is 1. The van der Waals surface area contributed by atoms with Gasteiger partial charge in [0, 0.05) is 5.88 Å². The van der Waals surface area contributed by atoms with E-state index in [-0.39, 0.29) is 11.4 Å². The van der Waals surface area contributed by atoms with E-state index >= 15 is 0 Å².